The summed E-state index contributed by atoms with van der Waals surface area (Å²) in [5.74, 6) is 2.52. The van der Waals surface area contributed by atoms with Crippen LogP contribution in [0.25, 0.3) is 0 Å². The van der Waals surface area contributed by atoms with Gasteiger partial charge in [0.25, 0.3) is 0 Å². The SMILES string of the molecule is BC1CCCCCC2C(=S)N(C(C)C)CCC2CCC1. The molecule has 1 saturated carbocycles. The van der Waals surface area contributed by atoms with Gasteiger partial charge >= 0.3 is 0 Å². The molecule has 1 saturated heterocycles. The third kappa shape index (κ3) is 4.22. The third-order valence-corrected chi connectivity index (χ3v) is 6.05. The highest BCUT2D eigenvalue weighted by Gasteiger charge is 2.33. The molecule has 2 fully saturated rings. The Morgan fingerprint density at radius 1 is 1.00 bits per heavy atom. The quantitative estimate of drug-likeness (QED) is 0.526. The van der Waals surface area contributed by atoms with E-state index in [-0.39, 0.29) is 0 Å². The Hall–Kier alpha value is -0.0451. The van der Waals surface area contributed by atoms with Crippen molar-refractivity contribution >= 4 is 25.1 Å². The van der Waals surface area contributed by atoms with E-state index in [0.29, 0.717) is 12.0 Å². The zero-order valence-electron chi connectivity index (χ0n) is 13.7. The van der Waals surface area contributed by atoms with Crippen molar-refractivity contribution in [1.82, 2.24) is 4.90 Å². The van der Waals surface area contributed by atoms with Crippen molar-refractivity contribution in [2.24, 2.45) is 11.8 Å². The molecule has 0 aromatic rings. The van der Waals surface area contributed by atoms with E-state index in [4.69, 9.17) is 12.2 Å². The summed E-state index contributed by atoms with van der Waals surface area (Å²) in [6, 6.07) is 0.585. The van der Waals surface area contributed by atoms with Gasteiger partial charge in [0.1, 0.15) is 7.85 Å². The van der Waals surface area contributed by atoms with E-state index in [9.17, 15) is 0 Å². The Morgan fingerprint density at radius 2 is 1.70 bits per heavy atom. The molecule has 2 rings (SSSR count). The smallest absolute Gasteiger partial charge is 0.105 e. The molecule has 0 N–H and O–H groups in total. The van der Waals surface area contributed by atoms with Crippen molar-refractivity contribution in [1.29, 1.82) is 0 Å². The molecule has 20 heavy (non-hydrogen) atoms. The first-order valence-corrected chi connectivity index (χ1v) is 9.31. The van der Waals surface area contributed by atoms with Crippen molar-refractivity contribution in [2.45, 2.75) is 83.5 Å². The van der Waals surface area contributed by atoms with Crippen LogP contribution in [0.4, 0.5) is 0 Å². The summed E-state index contributed by atoms with van der Waals surface area (Å²) in [7, 11) is 2.45. The standard InChI is InChI=1S/C17H32BNS/c1-13(2)19-12-11-14-7-6-9-15(18)8-4-3-5-10-16(14)17(19)20/h13-16H,3-12,18H2,1-2H3. The molecule has 1 heterocycles. The second-order valence-electron chi connectivity index (χ2n) is 7.45. The predicted molar refractivity (Wildman–Crippen MR) is 95.3 cm³/mol. The maximum atomic E-state index is 5.87. The van der Waals surface area contributed by atoms with E-state index in [0.717, 1.165) is 11.7 Å². The minimum Gasteiger partial charge on any atom is -0.363 e. The first-order valence-electron chi connectivity index (χ1n) is 8.90. The van der Waals surface area contributed by atoms with Crippen LogP contribution < -0.4 is 0 Å². The van der Waals surface area contributed by atoms with E-state index in [1.807, 2.05) is 0 Å². The molecule has 1 aliphatic carbocycles. The topological polar surface area (TPSA) is 3.24 Å². The highest BCUT2D eigenvalue weighted by atomic mass is 32.1. The summed E-state index contributed by atoms with van der Waals surface area (Å²) < 4.78 is 0. The highest BCUT2D eigenvalue weighted by molar-refractivity contribution is 7.80. The number of rotatable bonds is 1. The van der Waals surface area contributed by atoms with Gasteiger partial charge in [-0.1, -0.05) is 56.6 Å². The van der Waals surface area contributed by atoms with Crippen molar-refractivity contribution in [3.8, 4) is 0 Å². The maximum Gasteiger partial charge on any atom is 0.105 e. The monoisotopic (exact) mass is 293 g/mol. The van der Waals surface area contributed by atoms with Gasteiger partial charge < -0.3 is 4.90 Å². The predicted octanol–water partition coefficient (Wildman–Crippen LogP) is 4.22. The molecule has 1 aliphatic heterocycles. The molecule has 1 nitrogen and oxygen atoms in total. The normalized spacial score (nSPS) is 33.6. The van der Waals surface area contributed by atoms with Crippen molar-refractivity contribution in [3.63, 3.8) is 0 Å². The van der Waals surface area contributed by atoms with E-state index < -0.39 is 0 Å². The van der Waals surface area contributed by atoms with Crippen molar-refractivity contribution in [2.75, 3.05) is 6.54 Å². The fraction of sp³-hybridized carbons (Fsp3) is 0.941. The lowest BCUT2D eigenvalue weighted by molar-refractivity contribution is 0.212. The zero-order chi connectivity index (χ0) is 14.5. The van der Waals surface area contributed by atoms with Gasteiger partial charge in [-0.15, -0.1) is 0 Å². The molecule has 0 radical (unpaired) electrons. The Bertz CT molecular complexity index is 318. The average Bonchev–Trinajstić information content (AvgIpc) is 2.43. The first kappa shape index (κ1) is 16.3. The Balaban J connectivity index is 2.01. The lowest BCUT2D eigenvalue weighted by Gasteiger charge is -2.43. The van der Waals surface area contributed by atoms with Crippen LogP contribution in [0.2, 0.25) is 5.82 Å². The summed E-state index contributed by atoms with van der Waals surface area (Å²) in [5.41, 5.74) is 0. The fourth-order valence-corrected chi connectivity index (χ4v) is 4.77. The number of fused-ring (bicyclic) bond motifs is 1. The van der Waals surface area contributed by atoms with Gasteiger partial charge in [-0.25, -0.2) is 0 Å². The lowest BCUT2D eigenvalue weighted by Crippen LogP contribution is -2.47. The molecule has 0 aromatic heterocycles. The minimum atomic E-state index is 0.585. The number of hydrogen-bond donors (Lipinski definition) is 0. The number of piperidine rings is 1. The van der Waals surface area contributed by atoms with E-state index in [1.165, 1.54) is 69.3 Å². The number of thiocarbonyl (C=S) groups is 1. The lowest BCUT2D eigenvalue weighted by atomic mass is 9.76. The first-order chi connectivity index (χ1) is 9.59. The van der Waals surface area contributed by atoms with Crippen molar-refractivity contribution < 1.29 is 0 Å². The van der Waals surface area contributed by atoms with E-state index in [1.54, 1.807) is 0 Å². The molecule has 2 aliphatic rings. The van der Waals surface area contributed by atoms with Crippen LogP contribution in [-0.4, -0.2) is 30.3 Å². The van der Waals surface area contributed by atoms with Crippen LogP contribution in [0.3, 0.4) is 0 Å². The number of nitrogens with zero attached hydrogens (tertiary/aromatic N) is 1. The van der Waals surface area contributed by atoms with Crippen LogP contribution in [0, 0.1) is 11.8 Å². The molecule has 3 unspecified atom stereocenters. The van der Waals surface area contributed by atoms with Gasteiger partial charge in [-0.3, -0.25) is 0 Å². The van der Waals surface area contributed by atoms with Crippen LogP contribution in [0.1, 0.15) is 71.6 Å². The largest absolute Gasteiger partial charge is 0.363 e. The summed E-state index contributed by atoms with van der Waals surface area (Å²) in [6.45, 7) is 5.78. The molecule has 0 spiro atoms. The number of likely N-dealkylation sites (tertiary alicyclic amines) is 1. The van der Waals surface area contributed by atoms with Gasteiger partial charge in [0.15, 0.2) is 0 Å². The summed E-state index contributed by atoms with van der Waals surface area (Å²) in [6.07, 6.45) is 12.7. The Morgan fingerprint density at radius 3 is 2.45 bits per heavy atom. The second kappa shape index (κ2) is 7.82. The molecule has 0 aromatic carbocycles. The van der Waals surface area contributed by atoms with Crippen LogP contribution in [0.5, 0.6) is 0 Å². The molecular weight excluding hydrogens is 261 g/mol. The summed E-state index contributed by atoms with van der Waals surface area (Å²) in [5, 5.41) is 0. The van der Waals surface area contributed by atoms with Gasteiger partial charge in [0, 0.05) is 18.5 Å². The summed E-state index contributed by atoms with van der Waals surface area (Å²) >= 11 is 5.87. The minimum absolute atomic E-state index is 0.585. The second-order valence-corrected chi connectivity index (χ2v) is 7.87. The van der Waals surface area contributed by atoms with Gasteiger partial charge in [-0.2, -0.15) is 0 Å². The van der Waals surface area contributed by atoms with E-state index >= 15 is 0 Å². The zero-order valence-corrected chi connectivity index (χ0v) is 14.6. The van der Waals surface area contributed by atoms with E-state index in [2.05, 4.69) is 26.6 Å². The third-order valence-electron chi connectivity index (χ3n) is 5.52. The van der Waals surface area contributed by atoms with Gasteiger partial charge in [0.2, 0.25) is 0 Å². The molecule has 3 atom stereocenters. The summed E-state index contributed by atoms with van der Waals surface area (Å²) in [4.78, 5) is 3.79. The maximum absolute atomic E-state index is 5.87. The molecule has 114 valence electrons. The fourth-order valence-electron chi connectivity index (χ4n) is 4.15. The molecular formula is C17H32BNS. The van der Waals surface area contributed by atoms with Crippen molar-refractivity contribution in [3.05, 3.63) is 0 Å². The Kier molecular flexibility index (Phi) is 6.38. The molecule has 3 heteroatoms. The average molecular weight is 293 g/mol. The highest BCUT2D eigenvalue weighted by Crippen LogP contribution is 2.36. The Labute approximate surface area is 132 Å². The van der Waals surface area contributed by atoms with Crippen LogP contribution >= 0.6 is 12.2 Å². The van der Waals surface area contributed by atoms with Gasteiger partial charge in [0.05, 0.1) is 4.99 Å². The molecule has 0 amide bonds. The molecule has 0 bridgehead atoms. The van der Waals surface area contributed by atoms with Crippen LogP contribution in [0.15, 0.2) is 0 Å². The van der Waals surface area contributed by atoms with Crippen LogP contribution in [-0.2, 0) is 0 Å². The van der Waals surface area contributed by atoms with Gasteiger partial charge in [-0.05, 0) is 39.0 Å². The number of hydrogen-bond acceptors (Lipinski definition) is 1.